The highest BCUT2D eigenvalue weighted by atomic mass is 32.1. The van der Waals surface area contributed by atoms with Crippen molar-refractivity contribution in [2.24, 2.45) is 0 Å². The van der Waals surface area contributed by atoms with Crippen molar-refractivity contribution in [3.05, 3.63) is 53.6 Å². The summed E-state index contributed by atoms with van der Waals surface area (Å²) in [5.41, 5.74) is 2.66. The van der Waals surface area contributed by atoms with E-state index >= 15 is 0 Å². The molecule has 3 rings (SSSR count). The SMILES string of the molecule is CCc1ccc2nc(NC(=O)c3ccccc3OC)sc2c1. The van der Waals surface area contributed by atoms with Crippen LogP contribution in [0.2, 0.25) is 0 Å². The van der Waals surface area contributed by atoms with E-state index in [1.807, 2.05) is 18.2 Å². The first kappa shape index (κ1) is 14.5. The zero-order valence-electron chi connectivity index (χ0n) is 12.4. The summed E-state index contributed by atoms with van der Waals surface area (Å²) in [5, 5.41) is 3.44. The van der Waals surface area contributed by atoms with E-state index in [1.54, 1.807) is 19.2 Å². The third-order valence-corrected chi connectivity index (χ3v) is 4.37. The number of fused-ring (bicyclic) bond motifs is 1. The van der Waals surface area contributed by atoms with Gasteiger partial charge in [0.05, 0.1) is 22.9 Å². The Kier molecular flexibility index (Phi) is 4.06. The van der Waals surface area contributed by atoms with Crippen LogP contribution < -0.4 is 10.1 Å². The molecule has 0 saturated heterocycles. The van der Waals surface area contributed by atoms with Gasteiger partial charge in [-0.2, -0.15) is 0 Å². The van der Waals surface area contributed by atoms with Crippen LogP contribution in [0.4, 0.5) is 5.13 Å². The number of anilines is 1. The molecule has 0 unspecified atom stereocenters. The molecule has 0 atom stereocenters. The lowest BCUT2D eigenvalue weighted by molar-refractivity contribution is 0.102. The quantitative estimate of drug-likeness (QED) is 0.788. The van der Waals surface area contributed by atoms with Gasteiger partial charge in [-0.15, -0.1) is 0 Å². The van der Waals surface area contributed by atoms with Crippen molar-refractivity contribution in [3.8, 4) is 5.75 Å². The summed E-state index contributed by atoms with van der Waals surface area (Å²) < 4.78 is 6.29. The number of methoxy groups -OCH3 is 1. The molecule has 0 radical (unpaired) electrons. The minimum Gasteiger partial charge on any atom is -0.496 e. The van der Waals surface area contributed by atoms with Gasteiger partial charge >= 0.3 is 0 Å². The van der Waals surface area contributed by atoms with Crippen LogP contribution in [0, 0.1) is 0 Å². The van der Waals surface area contributed by atoms with E-state index in [4.69, 9.17) is 4.74 Å². The maximum Gasteiger partial charge on any atom is 0.261 e. The lowest BCUT2D eigenvalue weighted by Crippen LogP contribution is -2.12. The van der Waals surface area contributed by atoms with Crippen LogP contribution in [0.15, 0.2) is 42.5 Å². The van der Waals surface area contributed by atoms with E-state index in [9.17, 15) is 4.79 Å². The lowest BCUT2D eigenvalue weighted by atomic mass is 10.2. The fraction of sp³-hybridized carbons (Fsp3) is 0.176. The van der Waals surface area contributed by atoms with Crippen LogP contribution in [-0.4, -0.2) is 18.0 Å². The highest BCUT2D eigenvalue weighted by Crippen LogP contribution is 2.28. The number of aryl methyl sites for hydroxylation is 1. The van der Waals surface area contributed by atoms with Gasteiger partial charge in [0.2, 0.25) is 0 Å². The molecule has 1 amide bonds. The molecule has 0 spiro atoms. The van der Waals surface area contributed by atoms with E-state index in [0.29, 0.717) is 16.4 Å². The van der Waals surface area contributed by atoms with Crippen LogP contribution in [0.25, 0.3) is 10.2 Å². The predicted molar refractivity (Wildman–Crippen MR) is 89.9 cm³/mol. The van der Waals surface area contributed by atoms with E-state index in [2.05, 4.69) is 29.4 Å². The second-order valence-corrected chi connectivity index (χ2v) is 5.86. The number of benzene rings is 2. The molecule has 0 aliphatic rings. The van der Waals surface area contributed by atoms with Gasteiger partial charge in [0, 0.05) is 0 Å². The normalized spacial score (nSPS) is 10.6. The summed E-state index contributed by atoms with van der Waals surface area (Å²) in [5.74, 6) is 0.335. The number of aromatic nitrogens is 1. The first-order valence-corrected chi connectivity index (χ1v) is 7.86. The number of rotatable bonds is 4. The Morgan fingerprint density at radius 1 is 1.27 bits per heavy atom. The fourth-order valence-corrected chi connectivity index (χ4v) is 3.16. The monoisotopic (exact) mass is 312 g/mol. The van der Waals surface area contributed by atoms with Gasteiger partial charge in [0.15, 0.2) is 5.13 Å². The molecule has 1 N–H and O–H groups in total. The van der Waals surface area contributed by atoms with E-state index in [-0.39, 0.29) is 5.91 Å². The van der Waals surface area contributed by atoms with Crippen molar-refractivity contribution in [1.29, 1.82) is 0 Å². The van der Waals surface area contributed by atoms with Gasteiger partial charge in [0.25, 0.3) is 5.91 Å². The van der Waals surface area contributed by atoms with Gasteiger partial charge < -0.3 is 4.74 Å². The molecule has 0 bridgehead atoms. The van der Waals surface area contributed by atoms with Crippen molar-refractivity contribution in [2.75, 3.05) is 12.4 Å². The smallest absolute Gasteiger partial charge is 0.261 e. The van der Waals surface area contributed by atoms with E-state index < -0.39 is 0 Å². The standard InChI is InChI=1S/C17H16N2O2S/c1-3-11-8-9-13-15(10-11)22-17(18-13)19-16(20)12-6-4-5-7-14(12)21-2/h4-10H,3H2,1-2H3,(H,18,19,20). The van der Waals surface area contributed by atoms with Gasteiger partial charge in [-0.25, -0.2) is 4.98 Å². The molecule has 0 aliphatic carbocycles. The Labute approximate surface area is 132 Å². The van der Waals surface area contributed by atoms with Crippen molar-refractivity contribution >= 4 is 32.6 Å². The molecule has 2 aromatic carbocycles. The van der Waals surface area contributed by atoms with Crippen LogP contribution in [0.5, 0.6) is 5.75 Å². The molecule has 0 saturated carbocycles. The first-order valence-electron chi connectivity index (χ1n) is 7.05. The second-order valence-electron chi connectivity index (χ2n) is 4.83. The number of ether oxygens (including phenoxy) is 1. The largest absolute Gasteiger partial charge is 0.496 e. The topological polar surface area (TPSA) is 51.2 Å². The number of hydrogen-bond acceptors (Lipinski definition) is 4. The maximum absolute atomic E-state index is 12.4. The molecule has 3 aromatic rings. The number of para-hydroxylation sites is 1. The molecule has 4 nitrogen and oxygen atoms in total. The number of carbonyl (C=O) groups is 1. The average molecular weight is 312 g/mol. The molecule has 0 fully saturated rings. The average Bonchev–Trinajstić information content (AvgIpc) is 2.95. The van der Waals surface area contributed by atoms with Crippen LogP contribution in [0.3, 0.4) is 0 Å². The predicted octanol–water partition coefficient (Wildman–Crippen LogP) is 4.12. The van der Waals surface area contributed by atoms with Crippen LogP contribution in [0.1, 0.15) is 22.8 Å². The number of nitrogens with one attached hydrogen (secondary N) is 1. The Bertz CT molecular complexity index is 826. The Morgan fingerprint density at radius 3 is 2.86 bits per heavy atom. The van der Waals surface area contributed by atoms with Gasteiger partial charge in [-0.05, 0) is 36.2 Å². The molecule has 112 valence electrons. The van der Waals surface area contributed by atoms with Crippen molar-refractivity contribution in [1.82, 2.24) is 4.98 Å². The van der Waals surface area contributed by atoms with Crippen molar-refractivity contribution in [2.45, 2.75) is 13.3 Å². The Hall–Kier alpha value is -2.40. The minimum absolute atomic E-state index is 0.216. The number of thiazole rings is 1. The van der Waals surface area contributed by atoms with Crippen LogP contribution >= 0.6 is 11.3 Å². The third-order valence-electron chi connectivity index (χ3n) is 3.43. The van der Waals surface area contributed by atoms with Gasteiger partial charge in [-0.3, -0.25) is 10.1 Å². The minimum atomic E-state index is -0.216. The molecule has 5 heteroatoms. The zero-order chi connectivity index (χ0) is 15.5. The summed E-state index contributed by atoms with van der Waals surface area (Å²) in [6.45, 7) is 2.12. The third kappa shape index (κ3) is 2.80. The van der Waals surface area contributed by atoms with E-state index in [0.717, 1.165) is 16.6 Å². The highest BCUT2D eigenvalue weighted by molar-refractivity contribution is 7.22. The summed E-state index contributed by atoms with van der Waals surface area (Å²) in [4.78, 5) is 16.8. The summed E-state index contributed by atoms with van der Waals surface area (Å²) in [7, 11) is 1.55. The maximum atomic E-state index is 12.4. The number of hydrogen-bond donors (Lipinski definition) is 1. The van der Waals surface area contributed by atoms with Crippen molar-refractivity contribution < 1.29 is 9.53 Å². The number of amides is 1. The fourth-order valence-electron chi connectivity index (χ4n) is 2.24. The first-order chi connectivity index (χ1) is 10.7. The molecular formula is C17H16N2O2S. The lowest BCUT2D eigenvalue weighted by Gasteiger charge is -2.06. The van der Waals surface area contributed by atoms with Gasteiger partial charge in [-0.1, -0.05) is 36.5 Å². The molecular weight excluding hydrogens is 296 g/mol. The van der Waals surface area contributed by atoms with E-state index in [1.165, 1.54) is 16.9 Å². The van der Waals surface area contributed by atoms with Crippen molar-refractivity contribution in [3.63, 3.8) is 0 Å². The summed E-state index contributed by atoms with van der Waals surface area (Å²) >= 11 is 1.48. The highest BCUT2D eigenvalue weighted by Gasteiger charge is 2.14. The second kappa shape index (κ2) is 6.15. The molecule has 1 aromatic heterocycles. The Balaban J connectivity index is 1.87. The Morgan fingerprint density at radius 2 is 2.09 bits per heavy atom. The summed E-state index contributed by atoms with van der Waals surface area (Å²) in [6.07, 6.45) is 0.983. The van der Waals surface area contributed by atoms with Crippen LogP contribution in [-0.2, 0) is 6.42 Å². The molecule has 0 aliphatic heterocycles. The zero-order valence-corrected chi connectivity index (χ0v) is 13.2. The molecule has 22 heavy (non-hydrogen) atoms. The van der Waals surface area contributed by atoms with Gasteiger partial charge in [0.1, 0.15) is 5.75 Å². The number of nitrogens with zero attached hydrogens (tertiary/aromatic N) is 1. The molecule has 1 heterocycles. The number of carbonyl (C=O) groups excluding carboxylic acids is 1. The summed E-state index contributed by atoms with van der Waals surface area (Å²) in [6, 6.07) is 13.3.